The molecule has 0 aliphatic heterocycles. The molecule has 0 saturated heterocycles. The Morgan fingerprint density at radius 3 is 1.82 bits per heavy atom. The molecular weight excluding hydrogens is 232 g/mol. The van der Waals surface area contributed by atoms with E-state index in [0.717, 1.165) is 0 Å². The van der Waals surface area contributed by atoms with Gasteiger partial charge >= 0.3 is 12.2 Å². The molecule has 1 unspecified atom stereocenters. The van der Waals surface area contributed by atoms with Crippen LogP contribution in [0, 0.1) is 5.41 Å². The molecule has 0 saturated carbocycles. The molecule has 0 aliphatic carbocycles. The van der Waals surface area contributed by atoms with Crippen molar-refractivity contribution in [1.29, 1.82) is 0 Å². The average Bonchev–Trinajstić information content (AvgIpc) is 2.15. The molecule has 8 heteroatoms. The maximum atomic E-state index is 10.6. The number of amides is 2. The molecule has 0 heterocycles. The van der Waals surface area contributed by atoms with Crippen molar-refractivity contribution in [1.82, 2.24) is 10.6 Å². The summed E-state index contributed by atoms with van der Waals surface area (Å²) < 4.78 is 0. The summed E-state index contributed by atoms with van der Waals surface area (Å²) in [6, 6.07) is 0. The lowest BCUT2D eigenvalue weighted by Gasteiger charge is -2.42. The summed E-state index contributed by atoms with van der Waals surface area (Å²) in [7, 11) is 0. The van der Waals surface area contributed by atoms with Gasteiger partial charge in [-0.05, 0) is 6.42 Å². The van der Waals surface area contributed by atoms with Gasteiger partial charge in [0.1, 0.15) is 0 Å². The van der Waals surface area contributed by atoms with Crippen molar-refractivity contribution in [3.63, 3.8) is 0 Å². The monoisotopic (exact) mass is 250 g/mol. The fraction of sp³-hybridized carbons (Fsp3) is 0.778. The zero-order chi connectivity index (χ0) is 13.7. The van der Waals surface area contributed by atoms with Gasteiger partial charge in [-0.1, -0.05) is 20.3 Å². The summed E-state index contributed by atoms with van der Waals surface area (Å²) in [5, 5.41) is 39.9. The van der Waals surface area contributed by atoms with Gasteiger partial charge in [-0.15, -0.1) is 0 Å². The highest BCUT2D eigenvalue weighted by atomic mass is 16.4. The highest BCUT2D eigenvalue weighted by molar-refractivity contribution is 5.69. The molecule has 0 rings (SSSR count). The second-order valence-corrected chi connectivity index (χ2v) is 4.04. The van der Waals surface area contributed by atoms with E-state index < -0.39 is 30.1 Å². The molecule has 17 heavy (non-hydrogen) atoms. The van der Waals surface area contributed by atoms with Crippen LogP contribution in [-0.2, 0) is 0 Å². The Bertz CT molecular complexity index is 279. The first-order valence-corrected chi connectivity index (χ1v) is 5.06. The van der Waals surface area contributed by atoms with E-state index in [1.54, 1.807) is 17.6 Å². The largest absolute Gasteiger partial charge is 0.465 e. The molecule has 0 fully saturated rings. The van der Waals surface area contributed by atoms with Crippen LogP contribution in [0.15, 0.2) is 0 Å². The molecule has 6 N–H and O–H groups in total. The summed E-state index contributed by atoms with van der Waals surface area (Å²) in [5.41, 5.74) is -1.36. The Balaban J connectivity index is 5.24. The first kappa shape index (κ1) is 15.5. The lowest BCUT2D eigenvalue weighted by molar-refractivity contribution is -0.138. The van der Waals surface area contributed by atoms with Crippen molar-refractivity contribution >= 4 is 12.2 Å². The van der Waals surface area contributed by atoms with Gasteiger partial charge in [0.15, 0.2) is 0 Å². The number of hydrogen-bond acceptors (Lipinski definition) is 4. The molecule has 100 valence electrons. The summed E-state index contributed by atoms with van der Waals surface area (Å²) in [6.07, 6.45) is -2.45. The van der Waals surface area contributed by atoms with Crippen molar-refractivity contribution in [2.75, 3.05) is 6.61 Å². The molecule has 0 aromatic carbocycles. The lowest BCUT2D eigenvalue weighted by atomic mass is 9.80. The van der Waals surface area contributed by atoms with Crippen LogP contribution in [0.1, 0.15) is 26.7 Å². The van der Waals surface area contributed by atoms with Crippen molar-refractivity contribution in [2.45, 2.75) is 32.5 Å². The number of carbonyl (C=O) groups is 2. The summed E-state index contributed by atoms with van der Waals surface area (Å²) in [4.78, 5) is 21.2. The topological polar surface area (TPSA) is 139 Å². The first-order valence-electron chi connectivity index (χ1n) is 5.06. The highest BCUT2D eigenvalue weighted by Gasteiger charge is 2.49. The van der Waals surface area contributed by atoms with Gasteiger partial charge in [0.2, 0.25) is 5.85 Å². The van der Waals surface area contributed by atoms with Crippen LogP contribution in [-0.4, -0.2) is 45.1 Å². The second kappa shape index (κ2) is 5.69. The van der Waals surface area contributed by atoms with E-state index in [-0.39, 0.29) is 6.42 Å². The van der Waals surface area contributed by atoms with E-state index in [2.05, 4.69) is 0 Å². The van der Waals surface area contributed by atoms with Crippen molar-refractivity contribution in [3.8, 4) is 0 Å². The van der Waals surface area contributed by atoms with E-state index in [9.17, 15) is 19.8 Å². The maximum Gasteiger partial charge on any atom is 0.408 e. The average molecular weight is 250 g/mol. The Morgan fingerprint density at radius 1 is 1.18 bits per heavy atom. The van der Waals surface area contributed by atoms with E-state index in [1.165, 1.54) is 6.92 Å². The number of carboxylic acid groups (broad SMARTS) is 2. The van der Waals surface area contributed by atoms with Crippen LogP contribution >= 0.6 is 0 Å². The zero-order valence-electron chi connectivity index (χ0n) is 9.73. The van der Waals surface area contributed by atoms with E-state index in [4.69, 9.17) is 10.2 Å². The van der Waals surface area contributed by atoms with Crippen LogP contribution in [0.4, 0.5) is 9.59 Å². The predicted molar refractivity (Wildman–Crippen MR) is 57.4 cm³/mol. The van der Waals surface area contributed by atoms with E-state index in [0.29, 0.717) is 6.42 Å². The SMILES string of the molecule is CCCC(C)(CO)C(O)(NC(=O)O)NC(=O)O. The van der Waals surface area contributed by atoms with Crippen LogP contribution in [0.5, 0.6) is 0 Å². The third-order valence-electron chi connectivity index (χ3n) is 2.60. The van der Waals surface area contributed by atoms with Crippen LogP contribution in [0.3, 0.4) is 0 Å². The number of aliphatic hydroxyl groups excluding tert-OH is 1. The van der Waals surface area contributed by atoms with Crippen LogP contribution in [0.25, 0.3) is 0 Å². The molecule has 0 aromatic heterocycles. The Labute approximate surface area is 98.3 Å². The van der Waals surface area contributed by atoms with Gasteiger partial charge in [0.05, 0.1) is 12.0 Å². The molecule has 2 amide bonds. The number of rotatable bonds is 6. The van der Waals surface area contributed by atoms with Gasteiger partial charge in [-0.3, -0.25) is 10.6 Å². The van der Waals surface area contributed by atoms with Gasteiger partial charge in [-0.25, -0.2) is 9.59 Å². The normalized spacial score (nSPS) is 14.8. The molecule has 0 spiro atoms. The van der Waals surface area contributed by atoms with Crippen molar-refractivity contribution < 1.29 is 30.0 Å². The molecule has 0 aliphatic rings. The smallest absolute Gasteiger partial charge is 0.408 e. The van der Waals surface area contributed by atoms with Crippen molar-refractivity contribution in [2.24, 2.45) is 5.41 Å². The number of aliphatic hydroxyl groups is 2. The summed E-state index contributed by atoms with van der Waals surface area (Å²) in [5.74, 6) is -2.45. The maximum absolute atomic E-state index is 10.6. The number of nitrogens with one attached hydrogen (secondary N) is 2. The summed E-state index contributed by atoms with van der Waals surface area (Å²) >= 11 is 0. The minimum atomic E-state index is -2.45. The summed E-state index contributed by atoms with van der Waals surface area (Å²) in [6.45, 7) is 2.55. The van der Waals surface area contributed by atoms with Gasteiger partial charge in [-0.2, -0.15) is 0 Å². The molecule has 8 nitrogen and oxygen atoms in total. The molecule has 0 bridgehead atoms. The standard InChI is InChI=1S/C9H18N2O6/c1-3-4-8(2,5-12)9(17,10-6(13)14)11-7(15)16/h10-12,17H,3-5H2,1-2H3,(H,13,14)(H,15,16). The minimum Gasteiger partial charge on any atom is -0.465 e. The molecule has 1 atom stereocenters. The Morgan fingerprint density at radius 2 is 1.59 bits per heavy atom. The van der Waals surface area contributed by atoms with Gasteiger partial charge in [0, 0.05) is 0 Å². The molecular formula is C9H18N2O6. The highest BCUT2D eigenvalue weighted by Crippen LogP contribution is 2.32. The Hall–Kier alpha value is -1.54. The second-order valence-electron chi connectivity index (χ2n) is 4.04. The number of hydrogen-bond donors (Lipinski definition) is 6. The van der Waals surface area contributed by atoms with Gasteiger partial charge in [0.25, 0.3) is 0 Å². The quantitative estimate of drug-likeness (QED) is 0.366. The first-order chi connectivity index (χ1) is 7.70. The molecule has 0 radical (unpaired) electrons. The van der Waals surface area contributed by atoms with Crippen molar-refractivity contribution in [3.05, 3.63) is 0 Å². The third kappa shape index (κ3) is 3.75. The predicted octanol–water partition coefficient (Wildman–Crippen LogP) is -0.0336. The zero-order valence-corrected chi connectivity index (χ0v) is 9.73. The van der Waals surface area contributed by atoms with Crippen LogP contribution in [0.2, 0.25) is 0 Å². The Kier molecular flexibility index (Phi) is 5.17. The van der Waals surface area contributed by atoms with E-state index >= 15 is 0 Å². The van der Waals surface area contributed by atoms with Crippen LogP contribution < -0.4 is 10.6 Å². The fourth-order valence-corrected chi connectivity index (χ4v) is 1.57. The lowest BCUT2D eigenvalue weighted by Crippen LogP contribution is -2.69. The minimum absolute atomic E-state index is 0.223. The third-order valence-corrected chi connectivity index (χ3v) is 2.60. The molecule has 0 aromatic rings. The van der Waals surface area contributed by atoms with Gasteiger partial charge < -0.3 is 20.4 Å². The fourth-order valence-electron chi connectivity index (χ4n) is 1.57. The van der Waals surface area contributed by atoms with E-state index in [1.807, 2.05) is 0 Å².